The lowest BCUT2D eigenvalue weighted by atomic mass is 10.0. The van der Waals surface area contributed by atoms with Crippen LogP contribution in [0.5, 0.6) is 0 Å². The summed E-state index contributed by atoms with van der Waals surface area (Å²) in [5.74, 6) is -0.827. The van der Waals surface area contributed by atoms with Gasteiger partial charge in [-0.05, 0) is 77.0 Å². The van der Waals surface area contributed by atoms with Crippen molar-refractivity contribution < 1.29 is 37.6 Å². The average Bonchev–Trinajstić information content (AvgIpc) is 3.35. The van der Waals surface area contributed by atoms with E-state index in [9.17, 15) is 19.0 Å². The largest absolute Gasteiger partial charge is 0.472 e. The number of carbonyl (C=O) groups is 2. The summed E-state index contributed by atoms with van der Waals surface area (Å²) >= 11 is 0. The van der Waals surface area contributed by atoms with Crippen molar-refractivity contribution in [3.05, 3.63) is 48.6 Å². The fraction of sp³-hybridized carbons (Fsp3) is 0.833. The summed E-state index contributed by atoms with van der Waals surface area (Å²) < 4.78 is 33.0. The van der Waals surface area contributed by atoms with E-state index in [0.717, 1.165) is 64.2 Å². The Hall–Kier alpha value is -2.03. The maximum absolute atomic E-state index is 12.7. The highest BCUT2D eigenvalue weighted by Gasteiger charge is 2.26. The molecule has 410 valence electrons. The van der Waals surface area contributed by atoms with E-state index < -0.39 is 26.5 Å². The number of nitrogens with two attached hydrogens (primary N) is 1. The van der Waals surface area contributed by atoms with Crippen LogP contribution < -0.4 is 5.73 Å². The molecule has 0 amide bonds. The van der Waals surface area contributed by atoms with Gasteiger partial charge in [0.1, 0.15) is 6.61 Å². The molecule has 0 saturated heterocycles. The Labute approximate surface area is 432 Å². The molecule has 0 rings (SSSR count). The zero-order chi connectivity index (χ0) is 51.0. The number of hydrogen-bond acceptors (Lipinski definition) is 8. The molecule has 0 aliphatic carbocycles. The second-order valence-electron chi connectivity index (χ2n) is 19.9. The van der Waals surface area contributed by atoms with Crippen LogP contribution in [0, 0.1) is 0 Å². The van der Waals surface area contributed by atoms with Crippen LogP contribution in [0.4, 0.5) is 0 Å². The topological polar surface area (TPSA) is 134 Å². The van der Waals surface area contributed by atoms with Gasteiger partial charge in [0, 0.05) is 19.4 Å². The number of allylic oxidation sites excluding steroid dienone is 8. The molecule has 9 nitrogen and oxygen atoms in total. The molecular formula is C60H112NO8P. The highest BCUT2D eigenvalue weighted by molar-refractivity contribution is 7.47. The fourth-order valence-electron chi connectivity index (χ4n) is 8.52. The summed E-state index contributed by atoms with van der Waals surface area (Å²) in [5.41, 5.74) is 5.38. The third-order valence-corrected chi connectivity index (χ3v) is 13.9. The second kappa shape index (κ2) is 56.3. The van der Waals surface area contributed by atoms with Crippen LogP contribution in [-0.4, -0.2) is 49.3 Å². The molecule has 10 heteroatoms. The highest BCUT2D eigenvalue weighted by atomic mass is 31.2. The molecule has 0 spiro atoms. The zero-order valence-electron chi connectivity index (χ0n) is 45.8. The molecule has 0 aromatic rings. The van der Waals surface area contributed by atoms with Crippen molar-refractivity contribution in [2.45, 2.75) is 296 Å². The average molecular weight is 1010 g/mol. The van der Waals surface area contributed by atoms with Crippen LogP contribution in [-0.2, 0) is 32.7 Å². The van der Waals surface area contributed by atoms with Gasteiger partial charge < -0.3 is 20.1 Å². The molecule has 0 radical (unpaired) electrons. The Kier molecular flexibility index (Phi) is 54.6. The number of hydrogen-bond donors (Lipinski definition) is 2. The van der Waals surface area contributed by atoms with Crippen LogP contribution in [0.1, 0.15) is 290 Å². The van der Waals surface area contributed by atoms with Crippen LogP contribution >= 0.6 is 7.82 Å². The number of ether oxygens (including phenoxy) is 2. The van der Waals surface area contributed by atoms with Gasteiger partial charge in [-0.1, -0.05) is 249 Å². The molecule has 0 aliphatic heterocycles. The minimum Gasteiger partial charge on any atom is -0.462 e. The highest BCUT2D eigenvalue weighted by Crippen LogP contribution is 2.43. The van der Waals surface area contributed by atoms with E-state index in [-0.39, 0.29) is 38.6 Å². The van der Waals surface area contributed by atoms with Gasteiger partial charge in [-0.15, -0.1) is 0 Å². The molecule has 2 atom stereocenters. The van der Waals surface area contributed by atoms with Crippen LogP contribution in [0.2, 0.25) is 0 Å². The van der Waals surface area contributed by atoms with Crippen LogP contribution in [0.25, 0.3) is 0 Å². The molecule has 3 N–H and O–H groups in total. The van der Waals surface area contributed by atoms with Crippen molar-refractivity contribution in [1.82, 2.24) is 0 Å². The summed E-state index contributed by atoms with van der Waals surface area (Å²) in [7, 11) is -4.39. The molecule has 2 unspecified atom stereocenters. The second-order valence-corrected chi connectivity index (χ2v) is 21.3. The van der Waals surface area contributed by atoms with E-state index in [1.54, 1.807) is 0 Å². The first kappa shape index (κ1) is 68.0. The maximum Gasteiger partial charge on any atom is 0.472 e. The van der Waals surface area contributed by atoms with E-state index >= 15 is 0 Å². The molecule has 0 bridgehead atoms. The molecule has 0 aliphatic rings. The summed E-state index contributed by atoms with van der Waals surface area (Å²) in [6, 6.07) is 0. The van der Waals surface area contributed by atoms with Crippen molar-refractivity contribution in [3.8, 4) is 0 Å². The van der Waals surface area contributed by atoms with Gasteiger partial charge in [-0.25, -0.2) is 4.57 Å². The number of phosphoric ester groups is 1. The van der Waals surface area contributed by atoms with Gasteiger partial charge in [-0.3, -0.25) is 18.6 Å². The van der Waals surface area contributed by atoms with Crippen molar-refractivity contribution in [3.63, 3.8) is 0 Å². The van der Waals surface area contributed by atoms with Gasteiger partial charge in [-0.2, -0.15) is 0 Å². The van der Waals surface area contributed by atoms with Crippen molar-refractivity contribution >= 4 is 19.8 Å². The number of phosphoric acid groups is 1. The van der Waals surface area contributed by atoms with Crippen molar-refractivity contribution in [2.24, 2.45) is 5.73 Å². The first-order valence-electron chi connectivity index (χ1n) is 29.6. The monoisotopic (exact) mass is 1010 g/mol. The fourth-order valence-corrected chi connectivity index (χ4v) is 9.29. The third-order valence-electron chi connectivity index (χ3n) is 12.9. The maximum atomic E-state index is 12.7. The van der Waals surface area contributed by atoms with E-state index in [1.165, 1.54) is 193 Å². The lowest BCUT2D eigenvalue weighted by molar-refractivity contribution is -0.161. The Balaban J connectivity index is 3.88. The molecule has 0 aromatic carbocycles. The normalized spacial score (nSPS) is 13.4. The Morgan fingerprint density at radius 3 is 1.11 bits per heavy atom. The molecule has 0 fully saturated rings. The summed E-state index contributed by atoms with van der Waals surface area (Å²) in [5, 5.41) is 0. The smallest absolute Gasteiger partial charge is 0.462 e. The van der Waals surface area contributed by atoms with Gasteiger partial charge in [0.05, 0.1) is 13.2 Å². The Morgan fingerprint density at radius 1 is 0.429 bits per heavy atom. The number of rotatable bonds is 56. The lowest BCUT2D eigenvalue weighted by Gasteiger charge is -2.19. The first-order chi connectivity index (χ1) is 34.3. The van der Waals surface area contributed by atoms with Crippen molar-refractivity contribution in [2.75, 3.05) is 26.4 Å². The summed E-state index contributed by atoms with van der Waals surface area (Å²) in [6.45, 7) is 3.75. The van der Waals surface area contributed by atoms with Crippen LogP contribution in [0.15, 0.2) is 48.6 Å². The number of unbranched alkanes of at least 4 members (excludes halogenated alkanes) is 35. The molecule has 0 saturated carbocycles. The van der Waals surface area contributed by atoms with E-state index in [4.69, 9.17) is 24.3 Å². The van der Waals surface area contributed by atoms with E-state index in [1.807, 2.05) is 0 Å². The predicted octanol–water partition coefficient (Wildman–Crippen LogP) is 18.6. The van der Waals surface area contributed by atoms with Crippen LogP contribution in [0.3, 0.4) is 0 Å². The Morgan fingerprint density at radius 2 is 0.743 bits per heavy atom. The minimum absolute atomic E-state index is 0.0529. The van der Waals surface area contributed by atoms with Gasteiger partial charge >= 0.3 is 19.8 Å². The number of esters is 2. The van der Waals surface area contributed by atoms with Gasteiger partial charge in [0.25, 0.3) is 0 Å². The summed E-state index contributed by atoms with van der Waals surface area (Å²) in [4.78, 5) is 35.1. The van der Waals surface area contributed by atoms with Crippen molar-refractivity contribution in [1.29, 1.82) is 0 Å². The quantitative estimate of drug-likeness (QED) is 0.0264. The zero-order valence-corrected chi connectivity index (χ0v) is 46.7. The summed E-state index contributed by atoms with van der Waals surface area (Å²) in [6.07, 6.45) is 68.9. The van der Waals surface area contributed by atoms with Gasteiger partial charge in [0.15, 0.2) is 6.10 Å². The standard InChI is InChI=1S/C60H112NO8P/c1-3-5-7-9-11-13-15-17-19-21-22-23-24-25-26-27-28-29-30-31-32-33-34-35-36-37-39-41-43-45-47-49-51-53-60(63)69-58(57-68-70(64,65)67-55-54-61)56-66-59(62)52-50-48-46-44-42-40-38-20-18-16-14-12-10-8-6-4-2/h15,17,20-22,24-25,38,58H,3-14,16,18-19,23,26-37,39-57,61H2,1-2H3,(H,64,65)/b17-15-,22-21-,25-24-,38-20-. The molecule has 0 heterocycles. The molecule has 0 aromatic heterocycles. The molecule has 70 heavy (non-hydrogen) atoms. The lowest BCUT2D eigenvalue weighted by Crippen LogP contribution is -2.29. The SMILES string of the molecule is CCCCCCC/C=C\C/C=C\C/C=C\CCCCCCCCCCCCCCCCCCCCC(=O)OC(COC(=O)CCCCCCC/C=C\CCCCCCCCC)COP(=O)(O)OCCN. The van der Waals surface area contributed by atoms with Gasteiger partial charge in [0.2, 0.25) is 0 Å². The Bertz CT molecular complexity index is 1280. The van der Waals surface area contributed by atoms with E-state index in [2.05, 4.69) is 62.5 Å². The molecular weight excluding hydrogens is 894 g/mol. The minimum atomic E-state index is -4.39. The van der Waals surface area contributed by atoms with E-state index in [0.29, 0.717) is 6.42 Å². The third kappa shape index (κ3) is 55.3. The predicted molar refractivity (Wildman–Crippen MR) is 298 cm³/mol. The number of carbonyl (C=O) groups excluding carboxylic acids is 2. The first-order valence-corrected chi connectivity index (χ1v) is 31.1.